The zero-order valence-corrected chi connectivity index (χ0v) is 22.7. The molecule has 0 amide bonds. The number of nitrogens with zero attached hydrogens (tertiary/aromatic N) is 2. The average molecular weight is 519 g/mol. The largest absolute Gasteiger partial charge is 0.341 e. The van der Waals surface area contributed by atoms with E-state index in [-0.39, 0.29) is 0 Å². The number of fused-ring (bicyclic) bond motifs is 1. The van der Waals surface area contributed by atoms with Crippen molar-refractivity contribution in [1.29, 1.82) is 0 Å². The van der Waals surface area contributed by atoms with Crippen LogP contribution in [-0.2, 0) is 12.8 Å². The van der Waals surface area contributed by atoms with Crippen LogP contribution in [0.5, 0.6) is 0 Å². The van der Waals surface area contributed by atoms with Gasteiger partial charge in [-0.2, -0.15) is 0 Å². The number of hydrogen-bond donors (Lipinski definition) is 4. The zero-order valence-electron chi connectivity index (χ0n) is 22.7. The van der Waals surface area contributed by atoms with Crippen molar-refractivity contribution in [3.8, 4) is 33.6 Å². The van der Waals surface area contributed by atoms with Gasteiger partial charge in [-0.05, 0) is 97.7 Å². The third-order valence-electron chi connectivity index (χ3n) is 9.97. The van der Waals surface area contributed by atoms with Gasteiger partial charge in [-0.3, -0.25) is 0 Å². The lowest BCUT2D eigenvalue weighted by molar-refractivity contribution is 0.318. The summed E-state index contributed by atoms with van der Waals surface area (Å²) in [6, 6.07) is 14.6. The molecule has 2 aliphatic heterocycles. The smallest absolute Gasteiger partial charge is 0.123 e. The molecule has 3 fully saturated rings. The molecule has 1 saturated carbocycles. The topological polar surface area (TPSA) is 81.4 Å². The second-order valence-electron chi connectivity index (χ2n) is 12.4. The summed E-state index contributed by atoms with van der Waals surface area (Å²) in [6.45, 7) is 2.17. The molecule has 2 saturated heterocycles. The molecular weight excluding hydrogens is 480 g/mol. The van der Waals surface area contributed by atoms with Crippen LogP contribution in [0.4, 0.5) is 0 Å². The van der Waals surface area contributed by atoms with Crippen LogP contribution in [0.3, 0.4) is 0 Å². The number of H-pyrrole nitrogens is 2. The molecule has 2 atom stereocenters. The molecule has 2 unspecified atom stereocenters. The Morgan fingerprint density at radius 3 is 1.82 bits per heavy atom. The van der Waals surface area contributed by atoms with Crippen molar-refractivity contribution in [2.24, 2.45) is 5.41 Å². The third-order valence-corrected chi connectivity index (χ3v) is 9.97. The second kappa shape index (κ2) is 9.46. The first kappa shape index (κ1) is 23.6. The molecule has 0 radical (unpaired) electrons. The highest BCUT2D eigenvalue weighted by molar-refractivity contribution is 5.78. The van der Waals surface area contributed by atoms with E-state index < -0.39 is 0 Å². The number of nitrogens with one attached hydrogen (secondary N) is 4. The van der Waals surface area contributed by atoms with Gasteiger partial charge in [-0.15, -0.1) is 0 Å². The van der Waals surface area contributed by atoms with Gasteiger partial charge in [0, 0.05) is 5.56 Å². The lowest BCUT2D eigenvalue weighted by Crippen LogP contribution is -2.15. The normalized spacial score (nSPS) is 23.7. The number of hydrogen-bond acceptors (Lipinski definition) is 4. The quantitative estimate of drug-likeness (QED) is 0.239. The Bertz CT molecular complexity index is 1480. The Morgan fingerprint density at radius 2 is 1.18 bits per heavy atom. The molecule has 0 bridgehead atoms. The van der Waals surface area contributed by atoms with Crippen molar-refractivity contribution >= 4 is 0 Å². The van der Waals surface area contributed by atoms with Crippen LogP contribution < -0.4 is 10.6 Å². The van der Waals surface area contributed by atoms with E-state index in [2.05, 4.69) is 68.2 Å². The van der Waals surface area contributed by atoms with Crippen molar-refractivity contribution in [3.63, 3.8) is 0 Å². The van der Waals surface area contributed by atoms with Crippen molar-refractivity contribution in [3.05, 3.63) is 71.6 Å². The van der Waals surface area contributed by atoms with Gasteiger partial charge in [-0.25, -0.2) is 9.97 Å². The minimum Gasteiger partial charge on any atom is -0.341 e. The average Bonchev–Trinajstić information content (AvgIpc) is 3.81. The van der Waals surface area contributed by atoms with Gasteiger partial charge in [0.1, 0.15) is 11.6 Å². The Morgan fingerprint density at radius 1 is 0.615 bits per heavy atom. The highest BCUT2D eigenvalue weighted by Gasteiger charge is 2.41. The Hall–Kier alpha value is -3.22. The van der Waals surface area contributed by atoms with Crippen molar-refractivity contribution in [2.75, 3.05) is 13.1 Å². The number of imidazole rings is 2. The van der Waals surface area contributed by atoms with Crippen molar-refractivity contribution in [1.82, 2.24) is 30.6 Å². The molecule has 2 aliphatic carbocycles. The summed E-state index contributed by atoms with van der Waals surface area (Å²) in [5, 5.41) is 7.13. The minimum atomic E-state index is 0.363. The highest BCUT2D eigenvalue weighted by atomic mass is 15.0. The molecule has 1 spiro atoms. The summed E-state index contributed by atoms with van der Waals surface area (Å²) >= 11 is 0. The number of rotatable bonds is 5. The molecule has 8 rings (SSSR count). The second-order valence-corrected chi connectivity index (χ2v) is 12.4. The maximum Gasteiger partial charge on any atom is 0.123 e. The van der Waals surface area contributed by atoms with Crippen LogP contribution in [0, 0.1) is 5.41 Å². The fourth-order valence-corrected chi connectivity index (χ4v) is 7.89. The van der Waals surface area contributed by atoms with Crippen molar-refractivity contribution in [2.45, 2.75) is 76.3 Å². The fraction of sp³-hybridized carbons (Fsp3) is 0.455. The minimum absolute atomic E-state index is 0.363. The molecular formula is C33H38N6. The first-order valence-corrected chi connectivity index (χ1v) is 15.1. The van der Waals surface area contributed by atoms with Crippen LogP contribution >= 0.6 is 0 Å². The maximum atomic E-state index is 4.80. The molecule has 6 nitrogen and oxygen atoms in total. The van der Waals surface area contributed by atoms with E-state index >= 15 is 0 Å². The molecule has 4 aliphatic rings. The van der Waals surface area contributed by atoms with E-state index in [4.69, 9.17) is 4.98 Å². The van der Waals surface area contributed by atoms with Gasteiger partial charge in [0.15, 0.2) is 0 Å². The van der Waals surface area contributed by atoms with Crippen LogP contribution in [0.25, 0.3) is 33.6 Å². The molecule has 4 aromatic rings. The Kier molecular flexibility index (Phi) is 5.73. The lowest BCUT2D eigenvalue weighted by atomic mass is 9.82. The van der Waals surface area contributed by atoms with Crippen LogP contribution in [0.1, 0.15) is 86.2 Å². The molecule has 39 heavy (non-hydrogen) atoms. The molecule has 6 heteroatoms. The number of aromatic amines is 2. The molecule has 2 aromatic carbocycles. The Labute approximate surface area is 230 Å². The van der Waals surface area contributed by atoms with E-state index in [0.29, 0.717) is 17.5 Å². The Balaban J connectivity index is 1.13. The summed E-state index contributed by atoms with van der Waals surface area (Å²) in [5.74, 6) is 2.16. The van der Waals surface area contributed by atoms with E-state index in [9.17, 15) is 0 Å². The van der Waals surface area contributed by atoms with Gasteiger partial charge in [0.2, 0.25) is 0 Å². The summed E-state index contributed by atoms with van der Waals surface area (Å²) in [4.78, 5) is 16.7. The summed E-state index contributed by atoms with van der Waals surface area (Å²) in [7, 11) is 0. The first-order chi connectivity index (χ1) is 19.2. The van der Waals surface area contributed by atoms with Crippen LogP contribution in [-0.4, -0.2) is 33.0 Å². The first-order valence-electron chi connectivity index (χ1n) is 15.1. The monoisotopic (exact) mass is 518 g/mol. The molecule has 4 N–H and O–H groups in total. The number of benzene rings is 2. The van der Waals surface area contributed by atoms with E-state index in [1.165, 1.54) is 85.7 Å². The van der Waals surface area contributed by atoms with Gasteiger partial charge in [-0.1, -0.05) is 49.2 Å². The zero-order chi connectivity index (χ0) is 25.8. The SMILES string of the molecule is c1cc(-c2ccc(-c3cnc(C4CCCN4)[nH]3)c3c2CC2(CCCC2)C3)ccc1-c1cnc(C2CCCN2)[nH]1. The predicted molar refractivity (Wildman–Crippen MR) is 155 cm³/mol. The lowest BCUT2D eigenvalue weighted by Gasteiger charge is -2.22. The van der Waals surface area contributed by atoms with E-state index in [0.717, 1.165) is 36.9 Å². The van der Waals surface area contributed by atoms with Gasteiger partial charge in [0.05, 0.1) is 35.9 Å². The molecule has 4 heterocycles. The van der Waals surface area contributed by atoms with Gasteiger partial charge in [0.25, 0.3) is 0 Å². The summed E-state index contributed by atoms with van der Waals surface area (Å²) in [6.07, 6.45) is 16.7. The summed E-state index contributed by atoms with van der Waals surface area (Å²) < 4.78 is 0. The van der Waals surface area contributed by atoms with Gasteiger partial charge < -0.3 is 20.6 Å². The predicted octanol–water partition coefficient (Wildman–Crippen LogP) is 6.64. The highest BCUT2D eigenvalue weighted by Crippen LogP contribution is 2.53. The number of aromatic nitrogens is 4. The van der Waals surface area contributed by atoms with E-state index in [1.807, 2.05) is 6.20 Å². The molecule has 2 aromatic heterocycles. The van der Waals surface area contributed by atoms with Crippen molar-refractivity contribution < 1.29 is 0 Å². The van der Waals surface area contributed by atoms with Crippen LogP contribution in [0.2, 0.25) is 0 Å². The molecule has 200 valence electrons. The fourth-order valence-electron chi connectivity index (χ4n) is 7.89. The van der Waals surface area contributed by atoms with E-state index in [1.54, 1.807) is 11.1 Å². The van der Waals surface area contributed by atoms with Crippen LogP contribution in [0.15, 0.2) is 48.8 Å². The maximum absolute atomic E-state index is 4.80. The van der Waals surface area contributed by atoms with Gasteiger partial charge >= 0.3 is 0 Å². The summed E-state index contributed by atoms with van der Waals surface area (Å²) in [5.41, 5.74) is 11.1. The third kappa shape index (κ3) is 4.16. The standard InChI is InChI=1S/C33H38N6/c1-2-14-33(13-1)17-25-23(11-12-24(26(25)18-33)30-20-37-32(39-30)28-6-4-16-35-28)21-7-9-22(10-8-21)29-19-36-31(38-29)27-5-3-15-34-27/h7-12,19-20,27-28,34-35H,1-6,13-18H2,(H,36,38)(H,37,39).